The second-order valence-corrected chi connectivity index (χ2v) is 7.30. The van der Waals surface area contributed by atoms with E-state index >= 15 is 0 Å². The van der Waals surface area contributed by atoms with E-state index in [1.807, 2.05) is 37.0 Å². The van der Waals surface area contributed by atoms with Gasteiger partial charge in [0.15, 0.2) is 5.96 Å². The van der Waals surface area contributed by atoms with Gasteiger partial charge in [-0.2, -0.15) is 0 Å². The number of imidazole rings is 1. The molecule has 29 heavy (non-hydrogen) atoms. The minimum Gasteiger partial charge on any atom is -0.352 e. The van der Waals surface area contributed by atoms with Gasteiger partial charge in [0.05, 0.1) is 11.6 Å². The van der Waals surface area contributed by atoms with Gasteiger partial charge in [0.1, 0.15) is 11.0 Å². The van der Waals surface area contributed by atoms with Crippen LogP contribution in [-0.4, -0.2) is 27.1 Å². The SMILES string of the molecule is CN=C(NCc1cccc(Cn2ccnc2C)c1)NCc1cc(Cl)c(Cl)n1C.I. The molecule has 156 valence electrons. The van der Waals surface area contributed by atoms with Crippen LogP contribution in [0.15, 0.2) is 47.7 Å². The zero-order valence-electron chi connectivity index (χ0n) is 16.6. The quantitative estimate of drug-likeness (QED) is 0.274. The average Bonchev–Trinajstić information content (AvgIpc) is 3.20. The third-order valence-corrected chi connectivity index (χ3v) is 5.45. The maximum absolute atomic E-state index is 6.12. The van der Waals surface area contributed by atoms with Crippen molar-refractivity contribution in [2.45, 2.75) is 26.6 Å². The van der Waals surface area contributed by atoms with Gasteiger partial charge < -0.3 is 19.8 Å². The van der Waals surface area contributed by atoms with Crippen molar-refractivity contribution in [3.63, 3.8) is 0 Å². The molecule has 0 saturated carbocycles. The van der Waals surface area contributed by atoms with Crippen LogP contribution in [0.5, 0.6) is 0 Å². The van der Waals surface area contributed by atoms with Gasteiger partial charge in [-0.05, 0) is 24.1 Å². The number of nitrogens with zero attached hydrogens (tertiary/aromatic N) is 4. The standard InChI is InChI=1S/C20H24Cl2N6.HI/c1-14-24-7-8-28(14)13-16-6-4-5-15(9-16)11-25-20(23-2)26-12-17-10-18(21)19(22)27(17)3;/h4-10H,11-13H2,1-3H3,(H2,23,25,26);1H. The van der Waals surface area contributed by atoms with Crippen molar-refractivity contribution in [2.75, 3.05) is 7.05 Å². The molecule has 0 unspecified atom stereocenters. The van der Waals surface area contributed by atoms with Crippen LogP contribution in [0.25, 0.3) is 0 Å². The van der Waals surface area contributed by atoms with Crippen LogP contribution in [0.3, 0.4) is 0 Å². The number of guanidine groups is 1. The molecule has 0 aliphatic heterocycles. The predicted molar refractivity (Wildman–Crippen MR) is 130 cm³/mol. The zero-order chi connectivity index (χ0) is 20.1. The lowest BCUT2D eigenvalue weighted by Gasteiger charge is -2.13. The van der Waals surface area contributed by atoms with Gasteiger partial charge in [0.2, 0.25) is 0 Å². The smallest absolute Gasteiger partial charge is 0.191 e. The highest BCUT2D eigenvalue weighted by Crippen LogP contribution is 2.24. The second-order valence-electron chi connectivity index (χ2n) is 6.54. The van der Waals surface area contributed by atoms with E-state index in [0.29, 0.717) is 29.2 Å². The molecule has 2 N–H and O–H groups in total. The third kappa shape index (κ3) is 6.13. The first-order valence-electron chi connectivity index (χ1n) is 8.97. The number of benzene rings is 1. The average molecular weight is 547 g/mol. The fourth-order valence-electron chi connectivity index (χ4n) is 2.94. The Balaban J connectivity index is 0.00000300. The highest BCUT2D eigenvalue weighted by molar-refractivity contribution is 14.0. The van der Waals surface area contributed by atoms with E-state index in [1.54, 1.807) is 7.05 Å². The van der Waals surface area contributed by atoms with Gasteiger partial charge in [-0.25, -0.2) is 4.98 Å². The van der Waals surface area contributed by atoms with E-state index in [2.05, 4.69) is 49.4 Å². The zero-order valence-corrected chi connectivity index (χ0v) is 20.5. The lowest BCUT2D eigenvalue weighted by molar-refractivity contribution is 0.746. The van der Waals surface area contributed by atoms with Crippen molar-refractivity contribution >= 4 is 53.1 Å². The molecule has 0 spiro atoms. The van der Waals surface area contributed by atoms with Gasteiger partial charge in [-0.15, -0.1) is 24.0 Å². The van der Waals surface area contributed by atoms with E-state index in [0.717, 1.165) is 18.1 Å². The Labute approximate surface area is 198 Å². The minimum absolute atomic E-state index is 0. The van der Waals surface area contributed by atoms with Crippen LogP contribution in [0.1, 0.15) is 22.6 Å². The molecule has 2 aromatic heterocycles. The first-order valence-corrected chi connectivity index (χ1v) is 9.73. The second kappa shape index (κ2) is 10.9. The van der Waals surface area contributed by atoms with Gasteiger partial charge in [0, 0.05) is 45.3 Å². The van der Waals surface area contributed by atoms with Crippen molar-refractivity contribution in [1.82, 2.24) is 24.8 Å². The lowest BCUT2D eigenvalue weighted by Crippen LogP contribution is -2.36. The lowest BCUT2D eigenvalue weighted by atomic mass is 10.1. The molecule has 6 nitrogen and oxygen atoms in total. The van der Waals surface area contributed by atoms with E-state index in [9.17, 15) is 0 Å². The van der Waals surface area contributed by atoms with Crippen molar-refractivity contribution in [3.8, 4) is 0 Å². The number of nitrogens with one attached hydrogen (secondary N) is 2. The Morgan fingerprint density at radius 3 is 2.48 bits per heavy atom. The van der Waals surface area contributed by atoms with Crippen LogP contribution in [0.4, 0.5) is 0 Å². The summed E-state index contributed by atoms with van der Waals surface area (Å²) in [5, 5.41) is 7.71. The molecular weight excluding hydrogens is 522 g/mol. The fourth-order valence-corrected chi connectivity index (χ4v) is 3.36. The van der Waals surface area contributed by atoms with Crippen LogP contribution in [0.2, 0.25) is 10.2 Å². The van der Waals surface area contributed by atoms with Crippen molar-refractivity contribution in [1.29, 1.82) is 0 Å². The molecule has 0 fully saturated rings. The first kappa shape index (κ1) is 23.6. The molecule has 1 aromatic carbocycles. The first-order chi connectivity index (χ1) is 13.5. The summed E-state index contributed by atoms with van der Waals surface area (Å²) < 4.78 is 3.98. The summed E-state index contributed by atoms with van der Waals surface area (Å²) in [6, 6.07) is 10.3. The molecule has 0 atom stereocenters. The molecule has 0 radical (unpaired) electrons. The van der Waals surface area contributed by atoms with E-state index < -0.39 is 0 Å². The normalized spacial score (nSPS) is 11.3. The van der Waals surface area contributed by atoms with Crippen LogP contribution in [0, 0.1) is 6.92 Å². The van der Waals surface area contributed by atoms with E-state index in [-0.39, 0.29) is 24.0 Å². The number of hydrogen-bond donors (Lipinski definition) is 2. The Morgan fingerprint density at radius 1 is 1.14 bits per heavy atom. The Kier molecular flexibility index (Phi) is 8.85. The largest absolute Gasteiger partial charge is 0.352 e. The number of hydrogen-bond acceptors (Lipinski definition) is 2. The maximum atomic E-state index is 6.12. The highest BCUT2D eigenvalue weighted by Gasteiger charge is 2.09. The van der Waals surface area contributed by atoms with Crippen LogP contribution in [-0.2, 0) is 26.7 Å². The molecular formula is C20H25Cl2IN6. The van der Waals surface area contributed by atoms with Crippen molar-refractivity contribution in [3.05, 3.63) is 75.5 Å². The molecule has 2 heterocycles. The molecule has 0 aliphatic carbocycles. The van der Waals surface area contributed by atoms with Crippen LogP contribution < -0.4 is 10.6 Å². The third-order valence-electron chi connectivity index (χ3n) is 4.60. The van der Waals surface area contributed by atoms with Gasteiger partial charge in [0.25, 0.3) is 0 Å². The molecule has 9 heteroatoms. The summed E-state index contributed by atoms with van der Waals surface area (Å²) in [6.07, 6.45) is 3.82. The number of aromatic nitrogens is 3. The molecule has 3 aromatic rings. The van der Waals surface area contributed by atoms with Gasteiger partial charge in [-0.3, -0.25) is 4.99 Å². The number of rotatable bonds is 6. The summed E-state index contributed by atoms with van der Waals surface area (Å²) in [7, 11) is 3.63. The Hall–Kier alpha value is -1.71. The summed E-state index contributed by atoms with van der Waals surface area (Å²) in [5.41, 5.74) is 3.40. The fraction of sp³-hybridized carbons (Fsp3) is 0.300. The summed E-state index contributed by atoms with van der Waals surface area (Å²) in [6.45, 7) is 4.06. The van der Waals surface area contributed by atoms with Crippen molar-refractivity contribution in [2.24, 2.45) is 12.0 Å². The monoisotopic (exact) mass is 546 g/mol. The summed E-state index contributed by atoms with van der Waals surface area (Å²) in [4.78, 5) is 8.55. The van der Waals surface area contributed by atoms with Crippen molar-refractivity contribution < 1.29 is 0 Å². The highest BCUT2D eigenvalue weighted by atomic mass is 127. The molecule has 3 rings (SSSR count). The van der Waals surface area contributed by atoms with Crippen LogP contribution >= 0.6 is 47.2 Å². The minimum atomic E-state index is 0. The predicted octanol–water partition coefficient (Wildman–Crippen LogP) is 4.37. The molecule has 0 aliphatic rings. The summed E-state index contributed by atoms with van der Waals surface area (Å²) in [5.74, 6) is 1.72. The Bertz CT molecular complexity index is 979. The number of aryl methyl sites for hydroxylation is 1. The molecule has 0 amide bonds. The van der Waals surface area contributed by atoms with Gasteiger partial charge >= 0.3 is 0 Å². The Morgan fingerprint density at radius 2 is 1.86 bits per heavy atom. The van der Waals surface area contributed by atoms with E-state index in [1.165, 1.54) is 11.1 Å². The molecule has 0 saturated heterocycles. The maximum Gasteiger partial charge on any atom is 0.191 e. The number of halogens is 3. The topological polar surface area (TPSA) is 59.2 Å². The van der Waals surface area contributed by atoms with E-state index in [4.69, 9.17) is 23.2 Å². The molecule has 0 bridgehead atoms. The number of aliphatic imine (C=N–C) groups is 1. The summed E-state index contributed by atoms with van der Waals surface area (Å²) >= 11 is 12.2. The van der Waals surface area contributed by atoms with Gasteiger partial charge in [-0.1, -0.05) is 47.5 Å².